The van der Waals surface area contributed by atoms with Crippen LogP contribution in [0.4, 0.5) is 5.69 Å². The van der Waals surface area contributed by atoms with Crippen molar-refractivity contribution >= 4 is 17.3 Å². The van der Waals surface area contributed by atoms with Crippen molar-refractivity contribution in [2.75, 3.05) is 11.9 Å². The van der Waals surface area contributed by atoms with Crippen LogP contribution in [0.25, 0.3) is 0 Å². The molecular formula is C18H22ClNO. The topological polar surface area (TPSA) is 23.5 Å². The molecule has 3 heteroatoms. The minimum absolute atomic E-state index is 0.181. The summed E-state index contributed by atoms with van der Waals surface area (Å²) in [7, 11) is 2.05. The van der Waals surface area contributed by atoms with Gasteiger partial charge in [-0.2, -0.15) is 0 Å². The zero-order chi connectivity index (χ0) is 15.4. The first kappa shape index (κ1) is 15.9. The third-order valence-corrected chi connectivity index (χ3v) is 4.35. The standard InChI is InChI=1S/C18H22ClNO/c1-4-18(21)14-9-11-15(12-10-14)20(3)13(2)16-7-5-6-8-17(16)19/h5-13,18,21H,4H2,1-3H3/t13?,18-/m0/s1. The summed E-state index contributed by atoms with van der Waals surface area (Å²) < 4.78 is 0. The normalized spacial score (nSPS) is 13.8. The molecule has 0 aliphatic carbocycles. The van der Waals surface area contributed by atoms with Gasteiger partial charge in [0.25, 0.3) is 0 Å². The van der Waals surface area contributed by atoms with Gasteiger partial charge in [-0.1, -0.05) is 48.9 Å². The fourth-order valence-electron chi connectivity index (χ4n) is 2.41. The maximum atomic E-state index is 9.85. The van der Waals surface area contributed by atoms with Gasteiger partial charge in [-0.3, -0.25) is 0 Å². The summed E-state index contributed by atoms with van der Waals surface area (Å²) >= 11 is 6.28. The second-order valence-electron chi connectivity index (χ2n) is 5.32. The van der Waals surface area contributed by atoms with Crippen LogP contribution in [0.1, 0.15) is 43.5 Å². The number of anilines is 1. The van der Waals surface area contributed by atoms with Gasteiger partial charge in [-0.25, -0.2) is 0 Å². The van der Waals surface area contributed by atoms with Gasteiger partial charge in [0.05, 0.1) is 12.1 Å². The van der Waals surface area contributed by atoms with E-state index in [-0.39, 0.29) is 12.1 Å². The lowest BCUT2D eigenvalue weighted by Crippen LogP contribution is -2.21. The summed E-state index contributed by atoms with van der Waals surface area (Å²) in [5, 5.41) is 10.6. The largest absolute Gasteiger partial charge is 0.388 e. The molecule has 2 atom stereocenters. The van der Waals surface area contributed by atoms with Crippen molar-refractivity contribution < 1.29 is 5.11 Å². The van der Waals surface area contributed by atoms with Gasteiger partial charge >= 0.3 is 0 Å². The zero-order valence-electron chi connectivity index (χ0n) is 12.8. The molecule has 2 aromatic carbocycles. The molecule has 21 heavy (non-hydrogen) atoms. The average molecular weight is 304 g/mol. The second-order valence-corrected chi connectivity index (χ2v) is 5.73. The summed E-state index contributed by atoms with van der Waals surface area (Å²) in [4.78, 5) is 2.18. The molecule has 112 valence electrons. The van der Waals surface area contributed by atoms with Gasteiger partial charge in [-0.05, 0) is 42.7 Å². The highest BCUT2D eigenvalue weighted by Crippen LogP contribution is 2.30. The summed E-state index contributed by atoms with van der Waals surface area (Å²) in [6.07, 6.45) is 0.343. The van der Waals surface area contributed by atoms with Crippen molar-refractivity contribution in [3.63, 3.8) is 0 Å². The fraction of sp³-hybridized carbons (Fsp3) is 0.333. The molecule has 0 bridgehead atoms. The minimum atomic E-state index is -0.384. The Morgan fingerprint density at radius 3 is 2.29 bits per heavy atom. The molecule has 2 aromatic rings. The Kier molecular flexibility index (Phi) is 5.27. The van der Waals surface area contributed by atoms with E-state index in [1.807, 2.05) is 49.4 Å². The van der Waals surface area contributed by atoms with E-state index in [0.717, 1.165) is 28.3 Å². The number of aliphatic hydroxyl groups is 1. The van der Waals surface area contributed by atoms with Crippen LogP contribution in [0.15, 0.2) is 48.5 Å². The van der Waals surface area contributed by atoms with E-state index in [4.69, 9.17) is 11.6 Å². The number of halogens is 1. The van der Waals surface area contributed by atoms with Crippen LogP contribution in [0.5, 0.6) is 0 Å². The molecule has 0 heterocycles. The molecule has 0 aliphatic heterocycles. The lowest BCUT2D eigenvalue weighted by molar-refractivity contribution is 0.173. The number of benzene rings is 2. The lowest BCUT2D eigenvalue weighted by atomic mass is 10.0. The predicted octanol–water partition coefficient (Wildman–Crippen LogP) is 4.98. The highest BCUT2D eigenvalue weighted by Gasteiger charge is 2.15. The van der Waals surface area contributed by atoms with E-state index in [0.29, 0.717) is 0 Å². The number of nitrogens with zero attached hydrogens (tertiary/aromatic N) is 1. The molecule has 0 spiro atoms. The first-order valence-electron chi connectivity index (χ1n) is 7.29. The van der Waals surface area contributed by atoms with E-state index in [2.05, 4.69) is 24.9 Å². The average Bonchev–Trinajstić information content (AvgIpc) is 2.53. The molecule has 0 fully saturated rings. The highest BCUT2D eigenvalue weighted by atomic mass is 35.5. The minimum Gasteiger partial charge on any atom is -0.388 e. The Balaban J connectivity index is 2.20. The number of aliphatic hydroxyl groups excluding tert-OH is 1. The van der Waals surface area contributed by atoms with Crippen molar-refractivity contribution in [2.45, 2.75) is 32.4 Å². The fourth-order valence-corrected chi connectivity index (χ4v) is 2.71. The van der Waals surface area contributed by atoms with Crippen molar-refractivity contribution in [3.05, 3.63) is 64.7 Å². The van der Waals surface area contributed by atoms with Crippen molar-refractivity contribution in [2.24, 2.45) is 0 Å². The SMILES string of the molecule is CC[C@H](O)c1ccc(N(C)C(C)c2ccccc2Cl)cc1. The van der Waals surface area contributed by atoms with Crippen LogP contribution < -0.4 is 4.90 Å². The molecule has 1 unspecified atom stereocenters. The Morgan fingerprint density at radius 1 is 1.10 bits per heavy atom. The van der Waals surface area contributed by atoms with E-state index in [1.54, 1.807) is 0 Å². The summed E-state index contributed by atoms with van der Waals surface area (Å²) in [5.74, 6) is 0. The van der Waals surface area contributed by atoms with Crippen LogP contribution >= 0.6 is 11.6 Å². The van der Waals surface area contributed by atoms with Crippen molar-refractivity contribution in [3.8, 4) is 0 Å². The van der Waals surface area contributed by atoms with Crippen molar-refractivity contribution in [1.29, 1.82) is 0 Å². The van der Waals surface area contributed by atoms with E-state index >= 15 is 0 Å². The molecular weight excluding hydrogens is 282 g/mol. The third kappa shape index (κ3) is 3.58. The quantitative estimate of drug-likeness (QED) is 0.842. The molecule has 1 N–H and O–H groups in total. The molecule has 0 aliphatic rings. The van der Waals surface area contributed by atoms with E-state index in [9.17, 15) is 5.11 Å². The summed E-state index contributed by atoms with van der Waals surface area (Å²) in [6.45, 7) is 4.11. The van der Waals surface area contributed by atoms with Crippen molar-refractivity contribution in [1.82, 2.24) is 0 Å². The van der Waals surface area contributed by atoms with Crippen LogP contribution in [-0.2, 0) is 0 Å². The first-order chi connectivity index (χ1) is 10.0. The predicted molar refractivity (Wildman–Crippen MR) is 90.0 cm³/mol. The highest BCUT2D eigenvalue weighted by molar-refractivity contribution is 6.31. The molecule has 2 rings (SSSR count). The Labute approximate surface area is 132 Å². The summed E-state index contributed by atoms with van der Waals surface area (Å²) in [5.41, 5.74) is 3.17. The maximum absolute atomic E-state index is 9.85. The molecule has 2 nitrogen and oxygen atoms in total. The van der Waals surface area contributed by atoms with Gasteiger partial charge in [0.2, 0.25) is 0 Å². The Hall–Kier alpha value is -1.51. The summed E-state index contributed by atoms with van der Waals surface area (Å²) in [6, 6.07) is 16.2. The maximum Gasteiger partial charge on any atom is 0.0787 e. The monoisotopic (exact) mass is 303 g/mol. The Bertz CT molecular complexity index is 582. The number of hydrogen-bond acceptors (Lipinski definition) is 2. The van der Waals surface area contributed by atoms with Crippen LogP contribution in [0, 0.1) is 0 Å². The zero-order valence-corrected chi connectivity index (χ0v) is 13.5. The Morgan fingerprint density at radius 2 is 1.71 bits per heavy atom. The van der Waals surface area contributed by atoms with E-state index < -0.39 is 0 Å². The van der Waals surface area contributed by atoms with Gasteiger partial charge in [0.1, 0.15) is 0 Å². The third-order valence-electron chi connectivity index (χ3n) is 4.01. The lowest BCUT2D eigenvalue weighted by Gasteiger charge is -2.28. The van der Waals surface area contributed by atoms with Gasteiger partial charge in [0, 0.05) is 17.8 Å². The van der Waals surface area contributed by atoms with Gasteiger partial charge in [0.15, 0.2) is 0 Å². The number of hydrogen-bond donors (Lipinski definition) is 1. The number of rotatable bonds is 5. The molecule has 0 amide bonds. The first-order valence-corrected chi connectivity index (χ1v) is 7.67. The van der Waals surface area contributed by atoms with Gasteiger partial charge < -0.3 is 10.0 Å². The molecule has 0 radical (unpaired) electrons. The van der Waals surface area contributed by atoms with E-state index in [1.165, 1.54) is 0 Å². The van der Waals surface area contributed by atoms with Gasteiger partial charge in [-0.15, -0.1) is 0 Å². The smallest absolute Gasteiger partial charge is 0.0787 e. The molecule has 0 aromatic heterocycles. The van der Waals surface area contributed by atoms with Crippen LogP contribution in [0.2, 0.25) is 5.02 Å². The molecule has 0 saturated carbocycles. The second kappa shape index (κ2) is 6.97. The van der Waals surface area contributed by atoms with Crippen LogP contribution in [0.3, 0.4) is 0 Å². The van der Waals surface area contributed by atoms with Crippen LogP contribution in [-0.4, -0.2) is 12.2 Å². The molecule has 0 saturated heterocycles.